The van der Waals surface area contributed by atoms with E-state index < -0.39 is 6.10 Å². The highest BCUT2D eigenvalue weighted by Gasteiger charge is 2.38. The van der Waals surface area contributed by atoms with Crippen LogP contribution in [0.25, 0.3) is 0 Å². The molecule has 2 rings (SSSR count). The van der Waals surface area contributed by atoms with Crippen molar-refractivity contribution < 1.29 is 14.3 Å². The molecule has 1 heterocycles. The number of ketones is 1. The Morgan fingerprint density at radius 3 is 2.60 bits per heavy atom. The minimum Gasteiger partial charge on any atom is -0.457 e. The molecular formula is C12H12O3. The summed E-state index contributed by atoms with van der Waals surface area (Å²) in [5, 5.41) is 0. The van der Waals surface area contributed by atoms with Crippen molar-refractivity contribution in [1.82, 2.24) is 0 Å². The molecule has 1 aromatic rings. The van der Waals surface area contributed by atoms with Crippen LogP contribution in [0.4, 0.5) is 0 Å². The van der Waals surface area contributed by atoms with Gasteiger partial charge in [-0.1, -0.05) is 30.3 Å². The zero-order valence-electron chi connectivity index (χ0n) is 8.47. The molecule has 1 saturated heterocycles. The van der Waals surface area contributed by atoms with E-state index >= 15 is 0 Å². The van der Waals surface area contributed by atoms with E-state index in [-0.39, 0.29) is 24.1 Å². The van der Waals surface area contributed by atoms with Crippen LogP contribution < -0.4 is 0 Å². The van der Waals surface area contributed by atoms with E-state index in [9.17, 15) is 9.59 Å². The number of ether oxygens (including phenoxy) is 1. The molecule has 0 aliphatic carbocycles. The fourth-order valence-electron chi connectivity index (χ4n) is 1.86. The van der Waals surface area contributed by atoms with Crippen LogP contribution in [0, 0.1) is 5.92 Å². The second kappa shape index (κ2) is 3.85. The Morgan fingerprint density at radius 1 is 1.33 bits per heavy atom. The first kappa shape index (κ1) is 9.90. The summed E-state index contributed by atoms with van der Waals surface area (Å²) in [5.41, 5.74) is 0.892. The lowest BCUT2D eigenvalue weighted by atomic mass is 9.92. The van der Waals surface area contributed by atoms with Crippen LogP contribution in [0.5, 0.6) is 0 Å². The number of Topliss-reactive ketones (excluding diaryl/α,β-unsaturated/α-hetero) is 1. The fraction of sp³-hybridized carbons (Fsp3) is 0.333. The number of cyclic esters (lactones) is 1. The van der Waals surface area contributed by atoms with Gasteiger partial charge in [0, 0.05) is 0 Å². The summed E-state index contributed by atoms with van der Waals surface area (Å²) in [7, 11) is 0. The van der Waals surface area contributed by atoms with E-state index in [0.29, 0.717) is 0 Å². The average Bonchev–Trinajstić information content (AvgIpc) is 2.62. The van der Waals surface area contributed by atoms with Gasteiger partial charge in [-0.25, -0.2) is 0 Å². The van der Waals surface area contributed by atoms with Crippen molar-refractivity contribution in [1.29, 1.82) is 0 Å². The molecular weight excluding hydrogens is 192 g/mol. The first-order chi connectivity index (χ1) is 7.18. The van der Waals surface area contributed by atoms with Gasteiger partial charge in [-0.05, 0) is 12.5 Å². The van der Waals surface area contributed by atoms with Crippen LogP contribution in [0.2, 0.25) is 0 Å². The maximum atomic E-state index is 11.3. The Bertz CT molecular complexity index is 383. The van der Waals surface area contributed by atoms with Crippen LogP contribution in [0.1, 0.15) is 25.0 Å². The zero-order chi connectivity index (χ0) is 10.8. The van der Waals surface area contributed by atoms with Crippen molar-refractivity contribution in [3.63, 3.8) is 0 Å². The highest BCUT2D eigenvalue weighted by atomic mass is 16.6. The molecule has 0 N–H and O–H groups in total. The van der Waals surface area contributed by atoms with Crippen LogP contribution in [-0.4, -0.2) is 11.8 Å². The van der Waals surface area contributed by atoms with Gasteiger partial charge >= 0.3 is 5.97 Å². The number of benzene rings is 1. The molecule has 1 aliphatic heterocycles. The summed E-state index contributed by atoms with van der Waals surface area (Å²) in [6.45, 7) is 1.50. The van der Waals surface area contributed by atoms with E-state index in [1.807, 2.05) is 30.3 Å². The maximum Gasteiger partial charge on any atom is 0.307 e. The van der Waals surface area contributed by atoms with Crippen molar-refractivity contribution in [3.05, 3.63) is 35.9 Å². The molecule has 15 heavy (non-hydrogen) atoms. The average molecular weight is 204 g/mol. The molecule has 78 valence electrons. The quantitative estimate of drug-likeness (QED) is 0.691. The SMILES string of the molecule is CC(=O)[C@@H]1CC(=O)O[C@H]1c1ccccc1. The van der Waals surface area contributed by atoms with Crippen molar-refractivity contribution >= 4 is 11.8 Å². The van der Waals surface area contributed by atoms with Gasteiger partial charge in [0.2, 0.25) is 0 Å². The third-order valence-corrected chi connectivity index (χ3v) is 2.66. The van der Waals surface area contributed by atoms with Crippen molar-refractivity contribution in [2.45, 2.75) is 19.4 Å². The standard InChI is InChI=1S/C12H12O3/c1-8(13)10-7-11(14)15-12(10)9-5-3-2-4-6-9/h2-6,10,12H,7H2,1H3/t10-,12-/m0/s1. The van der Waals surface area contributed by atoms with Gasteiger partial charge in [-0.3, -0.25) is 9.59 Å². The smallest absolute Gasteiger partial charge is 0.307 e. The molecule has 0 aromatic heterocycles. The van der Waals surface area contributed by atoms with Gasteiger partial charge in [0.1, 0.15) is 11.9 Å². The van der Waals surface area contributed by atoms with Gasteiger partial charge < -0.3 is 4.74 Å². The van der Waals surface area contributed by atoms with E-state index in [1.54, 1.807) is 0 Å². The van der Waals surface area contributed by atoms with E-state index in [0.717, 1.165) is 5.56 Å². The molecule has 3 heteroatoms. The second-order valence-electron chi connectivity index (χ2n) is 3.74. The normalized spacial score (nSPS) is 25.0. The number of esters is 1. The molecule has 0 radical (unpaired) electrons. The molecule has 1 aliphatic rings. The Balaban J connectivity index is 2.28. The highest BCUT2D eigenvalue weighted by Crippen LogP contribution is 2.35. The van der Waals surface area contributed by atoms with Gasteiger partial charge in [-0.2, -0.15) is 0 Å². The van der Waals surface area contributed by atoms with E-state index in [2.05, 4.69) is 0 Å². The summed E-state index contributed by atoms with van der Waals surface area (Å²) in [6.07, 6.45) is -0.189. The molecule has 0 saturated carbocycles. The summed E-state index contributed by atoms with van der Waals surface area (Å²) in [4.78, 5) is 22.5. The third-order valence-electron chi connectivity index (χ3n) is 2.66. The topological polar surface area (TPSA) is 43.4 Å². The largest absolute Gasteiger partial charge is 0.457 e. The molecule has 3 nitrogen and oxygen atoms in total. The Kier molecular flexibility index (Phi) is 2.54. The van der Waals surface area contributed by atoms with Crippen LogP contribution in [0.3, 0.4) is 0 Å². The Morgan fingerprint density at radius 2 is 2.00 bits per heavy atom. The molecule has 0 amide bonds. The molecule has 0 spiro atoms. The second-order valence-corrected chi connectivity index (χ2v) is 3.74. The first-order valence-electron chi connectivity index (χ1n) is 4.93. The molecule has 1 aromatic carbocycles. The maximum absolute atomic E-state index is 11.3. The monoisotopic (exact) mass is 204 g/mol. The van der Waals surface area contributed by atoms with Gasteiger partial charge in [0.15, 0.2) is 0 Å². The van der Waals surface area contributed by atoms with E-state index in [4.69, 9.17) is 4.74 Å². The number of hydrogen-bond donors (Lipinski definition) is 0. The summed E-state index contributed by atoms with van der Waals surface area (Å²) >= 11 is 0. The predicted molar refractivity (Wildman–Crippen MR) is 54.1 cm³/mol. The zero-order valence-corrected chi connectivity index (χ0v) is 8.47. The van der Waals surface area contributed by atoms with Gasteiger partial charge in [-0.15, -0.1) is 0 Å². The first-order valence-corrected chi connectivity index (χ1v) is 4.93. The molecule has 2 atom stereocenters. The molecule has 1 fully saturated rings. The van der Waals surface area contributed by atoms with E-state index in [1.165, 1.54) is 6.92 Å². The molecule has 0 unspecified atom stereocenters. The summed E-state index contributed by atoms with van der Waals surface area (Å²) in [5.74, 6) is -0.598. The minimum absolute atomic E-state index is 0.00898. The highest BCUT2D eigenvalue weighted by molar-refractivity contribution is 5.86. The number of rotatable bonds is 2. The molecule has 0 bridgehead atoms. The van der Waals surface area contributed by atoms with Crippen LogP contribution in [-0.2, 0) is 14.3 Å². The summed E-state index contributed by atoms with van der Waals surface area (Å²) in [6, 6.07) is 9.39. The lowest BCUT2D eigenvalue weighted by Crippen LogP contribution is -2.15. The summed E-state index contributed by atoms with van der Waals surface area (Å²) < 4.78 is 5.16. The Hall–Kier alpha value is -1.64. The minimum atomic E-state index is -0.392. The van der Waals surface area contributed by atoms with Crippen LogP contribution >= 0.6 is 0 Å². The van der Waals surface area contributed by atoms with Crippen LogP contribution in [0.15, 0.2) is 30.3 Å². The fourth-order valence-corrected chi connectivity index (χ4v) is 1.86. The van der Waals surface area contributed by atoms with Gasteiger partial charge in [0.25, 0.3) is 0 Å². The number of carbonyl (C=O) groups excluding carboxylic acids is 2. The van der Waals surface area contributed by atoms with Crippen molar-refractivity contribution in [3.8, 4) is 0 Å². The lowest BCUT2D eigenvalue weighted by Gasteiger charge is -2.14. The number of hydrogen-bond acceptors (Lipinski definition) is 3. The Labute approximate surface area is 88.1 Å². The number of carbonyl (C=O) groups is 2. The van der Waals surface area contributed by atoms with Crippen molar-refractivity contribution in [2.24, 2.45) is 5.92 Å². The predicted octanol–water partition coefficient (Wildman–Crippen LogP) is 1.88. The lowest BCUT2D eigenvalue weighted by molar-refractivity contribution is -0.141. The van der Waals surface area contributed by atoms with Crippen molar-refractivity contribution in [2.75, 3.05) is 0 Å². The third kappa shape index (κ3) is 1.91. The van der Waals surface area contributed by atoms with Gasteiger partial charge in [0.05, 0.1) is 12.3 Å².